The van der Waals surface area contributed by atoms with Crippen LogP contribution in [0.4, 0.5) is 9.18 Å². The molecular weight excluding hydrogens is 349 g/mol. The van der Waals surface area contributed by atoms with Crippen molar-refractivity contribution in [3.8, 4) is 0 Å². The fourth-order valence-corrected chi connectivity index (χ4v) is 2.74. The molecule has 3 nitrogen and oxygen atoms in total. The molecule has 1 saturated carbocycles. The van der Waals surface area contributed by atoms with Crippen LogP contribution in [0.1, 0.15) is 24.0 Å². The second kappa shape index (κ2) is 6.08. The summed E-state index contributed by atoms with van der Waals surface area (Å²) in [6.07, 6.45) is 1.19. The van der Waals surface area contributed by atoms with Crippen LogP contribution in [0.2, 0.25) is 0 Å². The Balaban J connectivity index is 1.62. The molecule has 2 aromatic carbocycles. The number of carbonyl (C=O) groups excluding carboxylic acids is 1. The van der Waals surface area contributed by atoms with Crippen molar-refractivity contribution in [2.45, 2.75) is 25.0 Å². The summed E-state index contributed by atoms with van der Waals surface area (Å²) in [6.45, 7) is 0.232. The summed E-state index contributed by atoms with van der Waals surface area (Å²) in [5.74, 6) is -0.314. The van der Waals surface area contributed by atoms with Crippen LogP contribution in [0, 0.1) is 5.82 Å². The smallest absolute Gasteiger partial charge is 0.408 e. The molecule has 1 fully saturated rings. The molecule has 0 saturated heterocycles. The molecule has 22 heavy (non-hydrogen) atoms. The van der Waals surface area contributed by atoms with Gasteiger partial charge in [0.1, 0.15) is 12.4 Å². The molecule has 5 heteroatoms. The lowest BCUT2D eigenvalue weighted by Crippen LogP contribution is -2.35. The van der Waals surface area contributed by atoms with Gasteiger partial charge in [-0.25, -0.2) is 9.18 Å². The first kappa shape index (κ1) is 15.0. The second-order valence-electron chi connectivity index (χ2n) is 5.40. The Morgan fingerprint density at radius 1 is 1.23 bits per heavy atom. The fourth-order valence-electron chi connectivity index (χ4n) is 2.36. The highest BCUT2D eigenvalue weighted by Crippen LogP contribution is 2.46. The number of nitrogens with one attached hydrogen (secondary N) is 1. The third-order valence-electron chi connectivity index (χ3n) is 3.78. The molecule has 0 aliphatic heterocycles. The van der Waals surface area contributed by atoms with Gasteiger partial charge in [0.25, 0.3) is 0 Å². The number of amides is 1. The highest BCUT2D eigenvalue weighted by Gasteiger charge is 2.46. The molecule has 2 aromatic rings. The zero-order valence-corrected chi connectivity index (χ0v) is 13.4. The molecule has 1 N–H and O–H groups in total. The zero-order valence-electron chi connectivity index (χ0n) is 11.8. The molecule has 0 aromatic heterocycles. The van der Waals surface area contributed by atoms with Crippen LogP contribution < -0.4 is 5.32 Å². The molecule has 0 atom stereocenters. The lowest BCUT2D eigenvalue weighted by atomic mass is 10.1. The maximum atomic E-state index is 13.3. The third kappa shape index (κ3) is 3.30. The quantitative estimate of drug-likeness (QED) is 0.867. The number of benzene rings is 2. The maximum Gasteiger partial charge on any atom is 0.408 e. The Morgan fingerprint density at radius 2 is 1.95 bits per heavy atom. The van der Waals surface area contributed by atoms with E-state index in [1.165, 1.54) is 6.07 Å². The van der Waals surface area contributed by atoms with Gasteiger partial charge in [0.05, 0.1) is 10.0 Å². The number of rotatable bonds is 4. The molecule has 1 aliphatic carbocycles. The number of hydrogen-bond acceptors (Lipinski definition) is 2. The summed E-state index contributed by atoms with van der Waals surface area (Å²) < 4.78 is 19.0. The second-order valence-corrected chi connectivity index (χ2v) is 6.25. The standard InChI is InChI=1S/C17H15BrFNO2/c18-14-10-13(6-7-15(14)19)17(8-9-17)20-16(21)22-11-12-4-2-1-3-5-12/h1-7,10H,8-9,11H2,(H,20,21). The van der Waals surface area contributed by atoms with E-state index in [1.807, 2.05) is 30.3 Å². The first-order valence-electron chi connectivity index (χ1n) is 7.03. The van der Waals surface area contributed by atoms with E-state index in [0.717, 1.165) is 24.0 Å². The summed E-state index contributed by atoms with van der Waals surface area (Å²) in [7, 11) is 0. The van der Waals surface area contributed by atoms with Gasteiger partial charge in [0, 0.05) is 0 Å². The van der Waals surface area contributed by atoms with E-state index in [9.17, 15) is 9.18 Å². The van der Waals surface area contributed by atoms with E-state index in [4.69, 9.17) is 4.74 Å². The van der Waals surface area contributed by atoms with Crippen LogP contribution in [-0.4, -0.2) is 6.09 Å². The van der Waals surface area contributed by atoms with E-state index in [-0.39, 0.29) is 12.4 Å². The normalized spacial score (nSPS) is 15.2. The van der Waals surface area contributed by atoms with Gasteiger partial charge < -0.3 is 10.1 Å². The Bertz CT molecular complexity index is 686. The summed E-state index contributed by atoms with van der Waals surface area (Å²) >= 11 is 3.17. The molecular formula is C17H15BrFNO2. The molecule has 0 unspecified atom stereocenters. The SMILES string of the molecule is O=C(NC1(c2ccc(F)c(Br)c2)CC1)OCc1ccccc1. The lowest BCUT2D eigenvalue weighted by molar-refractivity contribution is 0.134. The van der Waals surface area contributed by atoms with Crippen molar-refractivity contribution in [2.24, 2.45) is 0 Å². The van der Waals surface area contributed by atoms with E-state index in [0.29, 0.717) is 4.47 Å². The molecule has 114 valence electrons. The number of ether oxygens (including phenoxy) is 1. The average molecular weight is 364 g/mol. The third-order valence-corrected chi connectivity index (χ3v) is 4.38. The van der Waals surface area contributed by atoms with E-state index >= 15 is 0 Å². The predicted molar refractivity (Wildman–Crippen MR) is 84.8 cm³/mol. The van der Waals surface area contributed by atoms with Crippen molar-refractivity contribution in [2.75, 3.05) is 0 Å². The molecule has 1 amide bonds. The van der Waals surface area contributed by atoms with Crippen LogP contribution in [0.3, 0.4) is 0 Å². The van der Waals surface area contributed by atoms with Gasteiger partial charge in [-0.05, 0) is 52.0 Å². The van der Waals surface area contributed by atoms with E-state index in [1.54, 1.807) is 12.1 Å². The average Bonchev–Trinajstić information content (AvgIpc) is 3.30. The summed E-state index contributed by atoms with van der Waals surface area (Å²) in [6, 6.07) is 14.3. The Kier molecular flexibility index (Phi) is 4.16. The van der Waals surface area contributed by atoms with Gasteiger partial charge in [-0.15, -0.1) is 0 Å². The van der Waals surface area contributed by atoms with Crippen LogP contribution >= 0.6 is 15.9 Å². The first-order valence-corrected chi connectivity index (χ1v) is 7.83. The minimum Gasteiger partial charge on any atom is -0.445 e. The molecule has 0 radical (unpaired) electrons. The fraction of sp³-hybridized carbons (Fsp3) is 0.235. The molecule has 1 aliphatic rings. The van der Waals surface area contributed by atoms with Crippen molar-refractivity contribution in [3.05, 3.63) is 69.9 Å². The Labute approximate surface area is 136 Å². The number of halogens is 2. The highest BCUT2D eigenvalue weighted by molar-refractivity contribution is 9.10. The van der Waals surface area contributed by atoms with Crippen LogP contribution in [0.15, 0.2) is 53.0 Å². The molecule has 3 rings (SSSR count). The van der Waals surface area contributed by atoms with Crippen LogP contribution in [0.25, 0.3) is 0 Å². The number of carbonyl (C=O) groups is 1. The van der Waals surface area contributed by atoms with Gasteiger partial charge in [0.15, 0.2) is 0 Å². The monoisotopic (exact) mass is 363 g/mol. The molecule has 0 bridgehead atoms. The molecule has 0 heterocycles. The van der Waals surface area contributed by atoms with Crippen molar-refractivity contribution >= 4 is 22.0 Å². The topological polar surface area (TPSA) is 38.3 Å². The largest absolute Gasteiger partial charge is 0.445 e. The Morgan fingerprint density at radius 3 is 2.59 bits per heavy atom. The summed E-state index contributed by atoms with van der Waals surface area (Å²) in [4.78, 5) is 12.0. The van der Waals surface area contributed by atoms with E-state index < -0.39 is 11.6 Å². The van der Waals surface area contributed by atoms with Crippen molar-refractivity contribution < 1.29 is 13.9 Å². The van der Waals surface area contributed by atoms with Gasteiger partial charge in [-0.3, -0.25) is 0 Å². The van der Waals surface area contributed by atoms with Crippen molar-refractivity contribution in [1.29, 1.82) is 0 Å². The number of hydrogen-bond donors (Lipinski definition) is 1. The van der Waals surface area contributed by atoms with Gasteiger partial charge in [-0.1, -0.05) is 36.4 Å². The van der Waals surface area contributed by atoms with Gasteiger partial charge in [-0.2, -0.15) is 0 Å². The number of alkyl carbamates (subject to hydrolysis) is 1. The predicted octanol–water partition coefficient (Wildman–Crippen LogP) is 4.50. The summed E-state index contributed by atoms with van der Waals surface area (Å²) in [5.41, 5.74) is 1.40. The Hall–Kier alpha value is -1.88. The van der Waals surface area contributed by atoms with Gasteiger partial charge in [0.2, 0.25) is 0 Å². The van der Waals surface area contributed by atoms with Crippen LogP contribution in [0.5, 0.6) is 0 Å². The van der Waals surface area contributed by atoms with Crippen molar-refractivity contribution in [3.63, 3.8) is 0 Å². The molecule has 0 spiro atoms. The lowest BCUT2D eigenvalue weighted by Gasteiger charge is -2.18. The minimum absolute atomic E-state index is 0.232. The zero-order chi connectivity index (χ0) is 15.6. The van der Waals surface area contributed by atoms with Gasteiger partial charge >= 0.3 is 6.09 Å². The first-order chi connectivity index (χ1) is 10.6. The minimum atomic E-state index is -0.457. The maximum absolute atomic E-state index is 13.3. The highest BCUT2D eigenvalue weighted by atomic mass is 79.9. The van der Waals surface area contributed by atoms with Crippen LogP contribution in [-0.2, 0) is 16.9 Å². The van der Waals surface area contributed by atoms with Crippen molar-refractivity contribution in [1.82, 2.24) is 5.32 Å². The van der Waals surface area contributed by atoms with E-state index in [2.05, 4.69) is 21.2 Å². The summed E-state index contributed by atoms with van der Waals surface area (Å²) in [5, 5.41) is 2.90.